The molecule has 0 saturated carbocycles. The van der Waals surface area contributed by atoms with E-state index < -0.39 is 10.0 Å². The van der Waals surface area contributed by atoms with E-state index in [0.29, 0.717) is 18.8 Å². The molecule has 0 atom stereocenters. The molecule has 0 N–H and O–H groups in total. The Morgan fingerprint density at radius 2 is 1.76 bits per heavy atom. The maximum absolute atomic E-state index is 12.4. The predicted octanol–water partition coefficient (Wildman–Crippen LogP) is 1.18. The molecule has 1 fully saturated rings. The highest BCUT2D eigenvalue weighted by molar-refractivity contribution is 7.92. The lowest BCUT2D eigenvalue weighted by atomic mass is 10.2. The average molecular weight is 360 g/mol. The first kappa shape index (κ1) is 17.4. The highest BCUT2D eigenvalue weighted by Crippen LogP contribution is 2.13. The minimum Gasteiger partial charge on any atom is -0.335 e. The van der Waals surface area contributed by atoms with Crippen molar-refractivity contribution in [2.45, 2.75) is 0 Å². The lowest BCUT2D eigenvalue weighted by Gasteiger charge is -2.33. The summed E-state index contributed by atoms with van der Waals surface area (Å²) in [4.78, 5) is 14.1. The molecule has 0 spiro atoms. The number of benzene rings is 1. The number of aromatic nitrogens is 2. The summed E-state index contributed by atoms with van der Waals surface area (Å²) in [6.07, 6.45) is 3.16. The van der Waals surface area contributed by atoms with Crippen molar-refractivity contribution in [3.8, 4) is 0 Å². The van der Waals surface area contributed by atoms with Gasteiger partial charge < -0.3 is 4.90 Å². The largest absolute Gasteiger partial charge is 0.335 e. The molecule has 1 aromatic carbocycles. The van der Waals surface area contributed by atoms with Gasteiger partial charge in [-0.25, -0.2) is 8.42 Å². The summed E-state index contributed by atoms with van der Waals surface area (Å²) in [6.45, 7) is 1.29. The molecule has 3 rings (SSSR count). The highest BCUT2D eigenvalue weighted by atomic mass is 32.2. The monoisotopic (exact) mass is 360 g/mol. The van der Waals surface area contributed by atoms with Crippen LogP contribution in [0, 0.1) is 0 Å². The third kappa shape index (κ3) is 3.97. The van der Waals surface area contributed by atoms with Crippen molar-refractivity contribution in [1.29, 1.82) is 0 Å². The van der Waals surface area contributed by atoms with E-state index in [4.69, 9.17) is 0 Å². The van der Waals surface area contributed by atoms with Crippen LogP contribution in [0.3, 0.4) is 0 Å². The van der Waals surface area contributed by atoms with Crippen molar-refractivity contribution in [2.24, 2.45) is 7.05 Å². The molecule has 0 aliphatic carbocycles. The molecule has 0 unspecified atom stereocenters. The number of nitrogens with zero attached hydrogens (tertiary/aromatic N) is 4. The first-order valence-corrected chi connectivity index (χ1v) is 9.48. The summed E-state index contributed by atoms with van der Waals surface area (Å²) in [5.74, 6) is -0.128. The molecule has 2 aromatic rings. The van der Waals surface area contributed by atoms with E-state index in [1.54, 1.807) is 30.3 Å². The Labute approximate surface area is 147 Å². The van der Waals surface area contributed by atoms with Gasteiger partial charge in [-0.2, -0.15) is 9.40 Å². The first-order valence-electron chi connectivity index (χ1n) is 7.98. The van der Waals surface area contributed by atoms with Gasteiger partial charge in [0.15, 0.2) is 0 Å². The summed E-state index contributed by atoms with van der Waals surface area (Å²) >= 11 is 0. The van der Waals surface area contributed by atoms with E-state index in [0.717, 1.165) is 5.56 Å². The molecule has 1 amide bonds. The van der Waals surface area contributed by atoms with Crippen LogP contribution in [-0.4, -0.2) is 59.5 Å². The van der Waals surface area contributed by atoms with Gasteiger partial charge in [0.1, 0.15) is 5.69 Å². The van der Waals surface area contributed by atoms with E-state index in [1.807, 2.05) is 30.3 Å². The van der Waals surface area contributed by atoms with Crippen LogP contribution in [0.4, 0.5) is 0 Å². The fourth-order valence-electron chi connectivity index (χ4n) is 2.71. The Morgan fingerprint density at radius 1 is 1.08 bits per heavy atom. The van der Waals surface area contributed by atoms with E-state index in [2.05, 4.69) is 5.10 Å². The number of aryl methyl sites for hydroxylation is 1. The number of hydrogen-bond acceptors (Lipinski definition) is 4. The number of amides is 1. The van der Waals surface area contributed by atoms with Gasteiger partial charge in [0.05, 0.1) is 0 Å². The molecule has 1 aliphatic heterocycles. The second-order valence-corrected chi connectivity index (χ2v) is 7.61. The summed E-state index contributed by atoms with van der Waals surface area (Å²) in [5.41, 5.74) is 1.33. The Hall–Kier alpha value is -2.45. The molecule has 8 heteroatoms. The zero-order valence-corrected chi connectivity index (χ0v) is 14.8. The van der Waals surface area contributed by atoms with Gasteiger partial charge >= 0.3 is 0 Å². The molecule has 1 aliphatic rings. The lowest BCUT2D eigenvalue weighted by molar-refractivity contribution is 0.0687. The van der Waals surface area contributed by atoms with Gasteiger partial charge in [0.25, 0.3) is 5.91 Å². The van der Waals surface area contributed by atoms with Gasteiger partial charge in [-0.1, -0.05) is 30.3 Å². The third-order valence-electron chi connectivity index (χ3n) is 4.16. The standard InChI is InChI=1S/C17H20N4O3S/c1-19-16(7-9-18-19)17(22)20-10-12-21(13-11-20)25(23,24)14-8-15-5-3-2-4-6-15/h2-9,14H,10-13H2,1H3. The maximum Gasteiger partial charge on any atom is 0.272 e. The maximum atomic E-state index is 12.4. The minimum atomic E-state index is -3.50. The van der Waals surface area contributed by atoms with Gasteiger partial charge in [-0.05, 0) is 17.7 Å². The van der Waals surface area contributed by atoms with Crippen LogP contribution in [0.5, 0.6) is 0 Å². The second kappa shape index (κ2) is 7.20. The van der Waals surface area contributed by atoms with Gasteiger partial charge in [0.2, 0.25) is 10.0 Å². The zero-order valence-electron chi connectivity index (χ0n) is 13.9. The Balaban J connectivity index is 1.62. The van der Waals surface area contributed by atoms with Crippen LogP contribution in [0.25, 0.3) is 6.08 Å². The molecular weight excluding hydrogens is 340 g/mol. The molecule has 25 heavy (non-hydrogen) atoms. The Kier molecular flexibility index (Phi) is 5.00. The van der Waals surface area contributed by atoms with Crippen molar-refractivity contribution in [3.63, 3.8) is 0 Å². The molecule has 0 radical (unpaired) electrons. The van der Waals surface area contributed by atoms with Crippen molar-refractivity contribution < 1.29 is 13.2 Å². The van der Waals surface area contributed by atoms with E-state index >= 15 is 0 Å². The zero-order chi connectivity index (χ0) is 17.9. The van der Waals surface area contributed by atoms with Crippen LogP contribution in [0.1, 0.15) is 16.1 Å². The minimum absolute atomic E-state index is 0.128. The van der Waals surface area contributed by atoms with Crippen LogP contribution in [0.15, 0.2) is 48.0 Å². The number of carbonyl (C=O) groups excluding carboxylic acids is 1. The normalized spacial score (nSPS) is 16.4. The summed E-state index contributed by atoms with van der Waals surface area (Å²) in [7, 11) is -1.78. The first-order chi connectivity index (χ1) is 12.0. The number of piperazine rings is 1. The quantitative estimate of drug-likeness (QED) is 0.820. The number of hydrogen-bond donors (Lipinski definition) is 0. The number of carbonyl (C=O) groups is 1. The van der Waals surface area contributed by atoms with E-state index in [-0.39, 0.29) is 19.0 Å². The molecule has 1 aromatic heterocycles. The summed E-state index contributed by atoms with van der Waals surface area (Å²) in [6, 6.07) is 10.9. The highest BCUT2D eigenvalue weighted by Gasteiger charge is 2.28. The van der Waals surface area contributed by atoms with Crippen LogP contribution >= 0.6 is 0 Å². The topological polar surface area (TPSA) is 75.5 Å². The van der Waals surface area contributed by atoms with E-state index in [9.17, 15) is 13.2 Å². The van der Waals surface area contributed by atoms with Crippen molar-refractivity contribution >= 4 is 22.0 Å². The molecule has 132 valence electrons. The molecule has 2 heterocycles. The molecule has 7 nitrogen and oxygen atoms in total. The molecule has 1 saturated heterocycles. The van der Waals surface area contributed by atoms with Crippen molar-refractivity contribution in [1.82, 2.24) is 19.0 Å². The van der Waals surface area contributed by atoms with Crippen LogP contribution in [0.2, 0.25) is 0 Å². The van der Waals surface area contributed by atoms with Gasteiger partial charge in [0, 0.05) is 44.8 Å². The smallest absolute Gasteiger partial charge is 0.272 e. The van der Waals surface area contributed by atoms with Crippen molar-refractivity contribution in [3.05, 3.63) is 59.3 Å². The third-order valence-corrected chi connectivity index (χ3v) is 5.72. The van der Waals surface area contributed by atoms with Crippen LogP contribution in [-0.2, 0) is 17.1 Å². The van der Waals surface area contributed by atoms with E-state index in [1.165, 1.54) is 14.4 Å². The summed E-state index contributed by atoms with van der Waals surface area (Å²) < 4.78 is 27.8. The fourth-order valence-corrected chi connectivity index (χ4v) is 3.88. The second-order valence-electron chi connectivity index (χ2n) is 5.79. The van der Waals surface area contributed by atoms with Crippen LogP contribution < -0.4 is 0 Å². The molecular formula is C17H20N4O3S. The number of sulfonamides is 1. The Morgan fingerprint density at radius 3 is 2.36 bits per heavy atom. The van der Waals surface area contributed by atoms with Crippen molar-refractivity contribution in [2.75, 3.05) is 26.2 Å². The fraction of sp³-hybridized carbons (Fsp3) is 0.294. The Bertz CT molecular complexity index is 866. The molecule has 0 bridgehead atoms. The SMILES string of the molecule is Cn1nccc1C(=O)N1CCN(S(=O)(=O)C=Cc2ccccc2)CC1. The van der Waals surface area contributed by atoms with Gasteiger partial charge in [-0.15, -0.1) is 0 Å². The lowest BCUT2D eigenvalue weighted by Crippen LogP contribution is -2.50. The number of rotatable bonds is 4. The summed E-state index contributed by atoms with van der Waals surface area (Å²) in [5, 5.41) is 5.22. The van der Waals surface area contributed by atoms with Gasteiger partial charge in [-0.3, -0.25) is 9.48 Å². The predicted molar refractivity (Wildman–Crippen MR) is 95.1 cm³/mol. The average Bonchev–Trinajstić information content (AvgIpc) is 3.06.